The number of nitro groups is 1. The molecule has 0 radical (unpaired) electrons. The quantitative estimate of drug-likeness (QED) is 0.529. The molecule has 1 atom stereocenters. The van der Waals surface area contributed by atoms with Crippen LogP contribution in [0.5, 0.6) is 0 Å². The number of amides is 2. The van der Waals surface area contributed by atoms with Crippen LogP contribution in [0.15, 0.2) is 54.6 Å². The number of fused-ring (bicyclic) bond motifs is 1. The average molecular weight is 378 g/mol. The van der Waals surface area contributed by atoms with Gasteiger partial charge in [0.15, 0.2) is 0 Å². The van der Waals surface area contributed by atoms with Crippen molar-refractivity contribution >= 4 is 29.4 Å². The number of non-ortho nitro benzene ring substituents is 1. The maximum absolute atomic E-state index is 12.4. The zero-order valence-electron chi connectivity index (χ0n) is 14.4. The Bertz CT molecular complexity index is 1060. The van der Waals surface area contributed by atoms with Crippen LogP contribution in [0, 0.1) is 10.1 Å². The minimum absolute atomic E-state index is 0.0292. The van der Waals surface area contributed by atoms with E-state index in [1.54, 1.807) is 4.68 Å². The number of anilines is 2. The summed E-state index contributed by atoms with van der Waals surface area (Å²) in [5.41, 5.74) is 1.01. The predicted molar refractivity (Wildman–Crippen MR) is 98.9 cm³/mol. The van der Waals surface area contributed by atoms with E-state index in [-0.39, 0.29) is 41.5 Å². The summed E-state index contributed by atoms with van der Waals surface area (Å²) < 4.78 is 1.56. The fraction of sp³-hybridized carbons (Fsp3) is 0.111. The van der Waals surface area contributed by atoms with E-state index in [9.17, 15) is 19.7 Å². The first kappa shape index (κ1) is 17.3. The number of hydrogen-bond donors (Lipinski definition) is 2. The van der Waals surface area contributed by atoms with Crippen molar-refractivity contribution in [2.24, 2.45) is 0 Å². The number of hydrogen-bond acceptors (Lipinski definition) is 6. The summed E-state index contributed by atoms with van der Waals surface area (Å²) in [6.45, 7) is 0. The lowest BCUT2D eigenvalue weighted by atomic mass is 10.0. The zero-order chi connectivity index (χ0) is 19.7. The third-order valence-electron chi connectivity index (χ3n) is 4.31. The van der Waals surface area contributed by atoms with Crippen molar-refractivity contribution in [3.63, 3.8) is 0 Å². The number of rotatable bonds is 4. The fourth-order valence-electron chi connectivity index (χ4n) is 2.96. The molecule has 1 unspecified atom stereocenters. The molecule has 1 aliphatic rings. The number of nitrogens with zero attached hydrogens (tertiary/aromatic N) is 4. The molecule has 2 amide bonds. The van der Waals surface area contributed by atoms with Crippen molar-refractivity contribution in [3.8, 4) is 0 Å². The van der Waals surface area contributed by atoms with Gasteiger partial charge in [-0.1, -0.05) is 30.3 Å². The van der Waals surface area contributed by atoms with Gasteiger partial charge >= 0.3 is 0 Å². The number of benzene rings is 2. The Labute approximate surface area is 158 Å². The summed E-state index contributed by atoms with van der Waals surface area (Å²) in [6.07, 6.45) is 0.204. The highest BCUT2D eigenvalue weighted by atomic mass is 16.6. The summed E-state index contributed by atoms with van der Waals surface area (Å²) in [6, 6.07) is 14.3. The largest absolute Gasteiger partial charge is 0.295 e. The summed E-state index contributed by atoms with van der Waals surface area (Å²) >= 11 is 0. The third kappa shape index (κ3) is 3.30. The van der Waals surface area contributed by atoms with Crippen molar-refractivity contribution in [1.29, 1.82) is 0 Å². The molecule has 140 valence electrons. The van der Waals surface area contributed by atoms with Gasteiger partial charge < -0.3 is 0 Å². The molecule has 0 aliphatic carbocycles. The van der Waals surface area contributed by atoms with Crippen LogP contribution in [0.3, 0.4) is 0 Å². The van der Waals surface area contributed by atoms with E-state index in [1.165, 1.54) is 24.3 Å². The van der Waals surface area contributed by atoms with Gasteiger partial charge in [-0.2, -0.15) is 4.98 Å². The molecule has 2 heterocycles. The molecule has 4 rings (SSSR count). The van der Waals surface area contributed by atoms with Gasteiger partial charge in [0.1, 0.15) is 0 Å². The highest BCUT2D eigenvalue weighted by Crippen LogP contribution is 2.29. The Balaban J connectivity index is 1.58. The Morgan fingerprint density at radius 3 is 2.57 bits per heavy atom. The molecule has 0 bridgehead atoms. The van der Waals surface area contributed by atoms with Crippen molar-refractivity contribution in [2.75, 3.05) is 10.6 Å². The van der Waals surface area contributed by atoms with Gasteiger partial charge in [0.05, 0.1) is 17.4 Å². The van der Waals surface area contributed by atoms with Crippen LogP contribution in [-0.2, 0) is 4.79 Å². The maximum Gasteiger partial charge on any atom is 0.269 e. The maximum atomic E-state index is 12.4. The van der Waals surface area contributed by atoms with E-state index < -0.39 is 10.8 Å². The first-order chi connectivity index (χ1) is 13.5. The third-order valence-corrected chi connectivity index (χ3v) is 4.31. The van der Waals surface area contributed by atoms with Crippen LogP contribution in [0.4, 0.5) is 17.6 Å². The summed E-state index contributed by atoms with van der Waals surface area (Å²) in [7, 11) is 0. The molecule has 1 aliphatic heterocycles. The SMILES string of the molecule is O=C1CC(c2ccccc2)n2nc(NC(=O)c3ccc([N+](=O)[O-])cc3)nc2N1. The van der Waals surface area contributed by atoms with E-state index in [2.05, 4.69) is 20.7 Å². The van der Waals surface area contributed by atoms with E-state index >= 15 is 0 Å². The summed E-state index contributed by atoms with van der Waals surface area (Å²) in [4.78, 5) is 38.7. The van der Waals surface area contributed by atoms with Gasteiger partial charge in [0, 0.05) is 17.7 Å². The number of nitrogens with one attached hydrogen (secondary N) is 2. The molecule has 28 heavy (non-hydrogen) atoms. The second kappa shape index (κ2) is 6.91. The smallest absolute Gasteiger partial charge is 0.269 e. The summed E-state index contributed by atoms with van der Waals surface area (Å²) in [5, 5.41) is 20.2. The number of aromatic nitrogens is 3. The van der Waals surface area contributed by atoms with Gasteiger partial charge in [0.25, 0.3) is 17.5 Å². The van der Waals surface area contributed by atoms with Crippen LogP contribution in [0.2, 0.25) is 0 Å². The Hall–Kier alpha value is -4.08. The lowest BCUT2D eigenvalue weighted by Crippen LogP contribution is -2.29. The van der Waals surface area contributed by atoms with E-state index in [4.69, 9.17) is 0 Å². The molecule has 10 heteroatoms. The van der Waals surface area contributed by atoms with E-state index in [1.807, 2.05) is 30.3 Å². The van der Waals surface area contributed by atoms with Crippen molar-refractivity contribution in [2.45, 2.75) is 12.5 Å². The van der Waals surface area contributed by atoms with Crippen LogP contribution in [0.25, 0.3) is 0 Å². The van der Waals surface area contributed by atoms with Crippen LogP contribution in [0.1, 0.15) is 28.4 Å². The van der Waals surface area contributed by atoms with E-state index in [0.29, 0.717) is 0 Å². The Kier molecular flexibility index (Phi) is 4.28. The predicted octanol–water partition coefficient (Wildman–Crippen LogP) is 2.37. The molecule has 0 spiro atoms. The minimum atomic E-state index is -0.543. The Morgan fingerprint density at radius 2 is 1.89 bits per heavy atom. The number of nitro benzene ring substituents is 1. The van der Waals surface area contributed by atoms with Crippen molar-refractivity contribution in [1.82, 2.24) is 14.8 Å². The van der Waals surface area contributed by atoms with Gasteiger partial charge in [-0.15, -0.1) is 5.10 Å². The summed E-state index contributed by atoms with van der Waals surface area (Å²) in [5.74, 6) is -0.437. The normalized spacial score (nSPS) is 15.4. The van der Waals surface area contributed by atoms with E-state index in [0.717, 1.165) is 5.56 Å². The number of carbonyl (C=O) groups excluding carboxylic acids is 2. The van der Waals surface area contributed by atoms with Gasteiger partial charge in [0.2, 0.25) is 11.9 Å². The topological polar surface area (TPSA) is 132 Å². The van der Waals surface area contributed by atoms with Crippen LogP contribution >= 0.6 is 0 Å². The lowest BCUT2D eigenvalue weighted by Gasteiger charge is -2.23. The van der Waals surface area contributed by atoms with Crippen molar-refractivity contribution in [3.05, 3.63) is 75.8 Å². The molecule has 10 nitrogen and oxygen atoms in total. The average Bonchev–Trinajstić information content (AvgIpc) is 3.10. The molecule has 0 saturated heterocycles. The van der Waals surface area contributed by atoms with Gasteiger partial charge in [-0.3, -0.25) is 30.3 Å². The zero-order valence-corrected chi connectivity index (χ0v) is 14.4. The number of carbonyl (C=O) groups is 2. The first-order valence-corrected chi connectivity index (χ1v) is 8.38. The molecule has 3 aromatic rings. The molecule has 2 N–H and O–H groups in total. The van der Waals surface area contributed by atoms with Gasteiger partial charge in [-0.05, 0) is 17.7 Å². The van der Waals surface area contributed by atoms with Crippen molar-refractivity contribution < 1.29 is 14.5 Å². The highest BCUT2D eigenvalue weighted by molar-refractivity contribution is 6.03. The lowest BCUT2D eigenvalue weighted by molar-refractivity contribution is -0.384. The Morgan fingerprint density at radius 1 is 1.18 bits per heavy atom. The molecular weight excluding hydrogens is 364 g/mol. The standard InChI is InChI=1S/C18H14N6O4/c25-15-10-14(11-4-2-1-3-5-11)23-18(19-15)21-17(22-23)20-16(26)12-6-8-13(9-7-12)24(27)28/h1-9,14H,10H2,(H2,19,20,21,22,25,26). The highest BCUT2D eigenvalue weighted by Gasteiger charge is 2.29. The molecule has 0 saturated carbocycles. The second-order valence-corrected chi connectivity index (χ2v) is 6.14. The molecule has 1 aromatic heterocycles. The fourth-order valence-corrected chi connectivity index (χ4v) is 2.96. The molecule has 0 fully saturated rings. The monoisotopic (exact) mass is 378 g/mol. The van der Waals surface area contributed by atoms with Gasteiger partial charge in [-0.25, -0.2) is 4.68 Å². The molecule has 2 aromatic carbocycles. The first-order valence-electron chi connectivity index (χ1n) is 8.38. The second-order valence-electron chi connectivity index (χ2n) is 6.14. The van der Waals surface area contributed by atoms with Crippen LogP contribution in [-0.4, -0.2) is 31.5 Å². The minimum Gasteiger partial charge on any atom is -0.295 e. The molecular formula is C18H14N6O4. The van der Waals surface area contributed by atoms with Crippen LogP contribution < -0.4 is 10.6 Å².